The van der Waals surface area contributed by atoms with Crippen LogP contribution in [-0.2, 0) is 0 Å². The summed E-state index contributed by atoms with van der Waals surface area (Å²) in [6.45, 7) is 5.24. The van der Waals surface area contributed by atoms with Gasteiger partial charge >= 0.3 is 0 Å². The van der Waals surface area contributed by atoms with Crippen LogP contribution in [0.1, 0.15) is 84.5 Å². The van der Waals surface area contributed by atoms with E-state index in [1.54, 1.807) is 0 Å². The Morgan fingerprint density at radius 2 is 1.50 bits per heavy atom. The van der Waals surface area contributed by atoms with Crippen LogP contribution in [0.25, 0.3) is 0 Å². The Bertz CT molecular complexity index is 286. The highest BCUT2D eigenvalue weighted by molar-refractivity contribution is 5.03. The molecule has 20 heavy (non-hydrogen) atoms. The maximum absolute atomic E-state index is 11.3. The molecule has 0 unspecified atom stereocenters. The van der Waals surface area contributed by atoms with Crippen molar-refractivity contribution in [2.75, 3.05) is 6.54 Å². The van der Waals surface area contributed by atoms with Crippen LogP contribution in [0.2, 0.25) is 0 Å². The summed E-state index contributed by atoms with van der Waals surface area (Å²) in [5.74, 6) is 1.72. The van der Waals surface area contributed by atoms with Gasteiger partial charge in [0.05, 0.1) is 5.60 Å². The summed E-state index contributed by atoms with van der Waals surface area (Å²) < 4.78 is 0. The van der Waals surface area contributed by atoms with Crippen LogP contribution in [0, 0.1) is 17.3 Å². The number of hydrogen-bond donors (Lipinski definition) is 2. The normalized spacial score (nSPS) is 42.6. The first kappa shape index (κ1) is 16.3. The molecule has 0 aromatic carbocycles. The molecule has 2 aliphatic carbocycles. The van der Waals surface area contributed by atoms with Gasteiger partial charge in [0.1, 0.15) is 0 Å². The first-order valence-electron chi connectivity index (χ1n) is 9.01. The average Bonchev–Trinajstić information content (AvgIpc) is 2.49. The third-order valence-electron chi connectivity index (χ3n) is 6.65. The van der Waals surface area contributed by atoms with Gasteiger partial charge in [-0.15, -0.1) is 0 Å². The van der Waals surface area contributed by atoms with E-state index >= 15 is 0 Å². The Morgan fingerprint density at radius 3 is 1.95 bits per heavy atom. The predicted molar refractivity (Wildman–Crippen MR) is 85.6 cm³/mol. The van der Waals surface area contributed by atoms with Crippen LogP contribution in [-0.4, -0.2) is 17.3 Å². The topological polar surface area (TPSA) is 46.2 Å². The van der Waals surface area contributed by atoms with E-state index in [-0.39, 0.29) is 5.41 Å². The van der Waals surface area contributed by atoms with Crippen molar-refractivity contribution in [3.63, 3.8) is 0 Å². The van der Waals surface area contributed by atoms with Gasteiger partial charge in [0.25, 0.3) is 0 Å². The first-order valence-corrected chi connectivity index (χ1v) is 9.01. The van der Waals surface area contributed by atoms with Gasteiger partial charge in [-0.1, -0.05) is 33.1 Å². The van der Waals surface area contributed by atoms with E-state index in [1.807, 2.05) is 0 Å². The Morgan fingerprint density at radius 1 is 0.950 bits per heavy atom. The van der Waals surface area contributed by atoms with Crippen molar-refractivity contribution in [3.8, 4) is 0 Å². The zero-order valence-electron chi connectivity index (χ0n) is 13.7. The van der Waals surface area contributed by atoms with Gasteiger partial charge in [-0.05, 0) is 63.2 Å². The molecule has 0 spiro atoms. The van der Waals surface area contributed by atoms with E-state index in [9.17, 15) is 5.11 Å². The summed E-state index contributed by atoms with van der Waals surface area (Å²) in [7, 11) is 0. The molecule has 0 bridgehead atoms. The van der Waals surface area contributed by atoms with Gasteiger partial charge in [-0.25, -0.2) is 0 Å². The highest BCUT2D eigenvalue weighted by atomic mass is 16.3. The summed E-state index contributed by atoms with van der Waals surface area (Å²) in [5.41, 5.74) is 5.74. The van der Waals surface area contributed by atoms with Gasteiger partial charge in [0.2, 0.25) is 0 Å². The Kier molecular flexibility index (Phi) is 5.53. The lowest BCUT2D eigenvalue weighted by molar-refractivity contribution is -0.133. The van der Waals surface area contributed by atoms with Gasteiger partial charge in [-0.3, -0.25) is 0 Å². The monoisotopic (exact) mass is 281 g/mol. The van der Waals surface area contributed by atoms with Gasteiger partial charge < -0.3 is 10.8 Å². The second-order valence-electron chi connectivity index (χ2n) is 7.60. The van der Waals surface area contributed by atoms with Gasteiger partial charge in [0.15, 0.2) is 0 Å². The fourth-order valence-corrected chi connectivity index (χ4v) is 4.88. The standard InChI is InChI=1S/C18H35NO/c1-3-5-16-6-10-17(14-19,11-7-16)18(20)12-8-15(4-2)9-13-18/h15-16,20H,3-14,19H2,1-2H3. The van der Waals surface area contributed by atoms with Crippen LogP contribution < -0.4 is 5.73 Å². The van der Waals surface area contributed by atoms with Crippen LogP contribution in [0.5, 0.6) is 0 Å². The minimum absolute atomic E-state index is 0.0238. The van der Waals surface area contributed by atoms with E-state index in [0.29, 0.717) is 6.54 Å². The molecule has 2 rings (SSSR count). The van der Waals surface area contributed by atoms with Gasteiger partial charge in [-0.2, -0.15) is 0 Å². The first-order chi connectivity index (χ1) is 9.59. The molecule has 2 aliphatic rings. The Hall–Kier alpha value is -0.0800. The molecule has 0 heterocycles. The summed E-state index contributed by atoms with van der Waals surface area (Å²) in [4.78, 5) is 0. The quantitative estimate of drug-likeness (QED) is 0.791. The van der Waals surface area contributed by atoms with E-state index < -0.39 is 5.60 Å². The highest BCUT2D eigenvalue weighted by Crippen LogP contribution is 2.52. The highest BCUT2D eigenvalue weighted by Gasteiger charge is 2.51. The van der Waals surface area contributed by atoms with Crippen molar-refractivity contribution in [3.05, 3.63) is 0 Å². The van der Waals surface area contributed by atoms with Crippen LogP contribution >= 0.6 is 0 Å². The van der Waals surface area contributed by atoms with Crippen molar-refractivity contribution in [1.29, 1.82) is 0 Å². The number of hydrogen-bond acceptors (Lipinski definition) is 2. The Labute approximate surface area is 125 Å². The van der Waals surface area contributed by atoms with E-state index in [2.05, 4.69) is 13.8 Å². The minimum Gasteiger partial charge on any atom is -0.389 e. The predicted octanol–water partition coefficient (Wildman–Crippen LogP) is 4.25. The van der Waals surface area contributed by atoms with Crippen LogP contribution in [0.3, 0.4) is 0 Å². The molecule has 0 atom stereocenters. The summed E-state index contributed by atoms with van der Waals surface area (Å²) in [5, 5.41) is 11.3. The van der Waals surface area contributed by atoms with E-state index in [0.717, 1.165) is 37.5 Å². The molecule has 3 N–H and O–H groups in total. The van der Waals surface area contributed by atoms with Crippen molar-refractivity contribution in [1.82, 2.24) is 0 Å². The van der Waals surface area contributed by atoms with E-state index in [4.69, 9.17) is 5.73 Å². The lowest BCUT2D eigenvalue weighted by Crippen LogP contribution is -2.55. The molecule has 2 saturated carbocycles. The molecule has 0 aromatic heterocycles. The van der Waals surface area contributed by atoms with E-state index in [1.165, 1.54) is 44.9 Å². The minimum atomic E-state index is -0.468. The number of rotatable bonds is 5. The molecule has 2 fully saturated rings. The maximum atomic E-state index is 11.3. The molecule has 0 aromatic rings. The molecule has 0 saturated heterocycles. The zero-order chi connectivity index (χ0) is 14.6. The zero-order valence-corrected chi connectivity index (χ0v) is 13.7. The third kappa shape index (κ3) is 3.06. The van der Waals surface area contributed by atoms with Gasteiger partial charge in [0, 0.05) is 12.0 Å². The summed E-state index contributed by atoms with van der Waals surface area (Å²) in [6, 6.07) is 0. The van der Waals surface area contributed by atoms with Crippen molar-refractivity contribution in [2.45, 2.75) is 90.1 Å². The molecular weight excluding hydrogens is 246 g/mol. The number of nitrogens with two attached hydrogens (primary N) is 1. The van der Waals surface area contributed by atoms with Crippen molar-refractivity contribution in [2.24, 2.45) is 23.0 Å². The smallest absolute Gasteiger partial charge is 0.0716 e. The second-order valence-corrected chi connectivity index (χ2v) is 7.60. The lowest BCUT2D eigenvalue weighted by Gasteiger charge is -2.53. The van der Waals surface area contributed by atoms with Crippen LogP contribution in [0.15, 0.2) is 0 Å². The summed E-state index contributed by atoms with van der Waals surface area (Å²) >= 11 is 0. The number of aliphatic hydroxyl groups is 1. The Balaban J connectivity index is 2.01. The SMILES string of the molecule is CCCC1CCC(CN)(C2(O)CCC(CC)CC2)CC1. The molecular formula is C18H35NO. The van der Waals surface area contributed by atoms with Crippen LogP contribution in [0.4, 0.5) is 0 Å². The van der Waals surface area contributed by atoms with Crippen molar-refractivity contribution >= 4 is 0 Å². The second kappa shape index (κ2) is 6.79. The average molecular weight is 281 g/mol. The molecule has 2 nitrogen and oxygen atoms in total. The molecule has 2 heteroatoms. The molecule has 118 valence electrons. The molecule has 0 radical (unpaired) electrons. The fraction of sp³-hybridized carbons (Fsp3) is 1.00. The largest absolute Gasteiger partial charge is 0.389 e. The fourth-order valence-electron chi connectivity index (χ4n) is 4.88. The molecule has 0 amide bonds. The van der Waals surface area contributed by atoms with Crippen molar-refractivity contribution < 1.29 is 5.11 Å². The lowest BCUT2D eigenvalue weighted by atomic mass is 9.56. The third-order valence-corrected chi connectivity index (χ3v) is 6.65. The summed E-state index contributed by atoms with van der Waals surface area (Å²) in [6.07, 6.45) is 13.2. The maximum Gasteiger partial charge on any atom is 0.0716 e. The molecule has 0 aliphatic heterocycles.